The van der Waals surface area contributed by atoms with E-state index < -0.39 is 0 Å². The maximum atomic E-state index is 5.79. The van der Waals surface area contributed by atoms with Crippen LogP contribution in [0.1, 0.15) is 39.2 Å². The fourth-order valence-electron chi connectivity index (χ4n) is 1.60. The van der Waals surface area contributed by atoms with Gasteiger partial charge >= 0.3 is 0 Å². The zero-order valence-electron chi connectivity index (χ0n) is 10.5. The van der Waals surface area contributed by atoms with E-state index in [9.17, 15) is 0 Å². The molecule has 1 aliphatic carbocycles. The largest absolute Gasteiger partial charge is 0.493 e. The summed E-state index contributed by atoms with van der Waals surface area (Å²) >= 11 is 0. The summed E-state index contributed by atoms with van der Waals surface area (Å²) in [5.41, 5.74) is 1.42. The number of methoxy groups -OCH3 is 1. The van der Waals surface area contributed by atoms with Gasteiger partial charge in [0, 0.05) is 0 Å². The van der Waals surface area contributed by atoms with E-state index in [4.69, 9.17) is 9.47 Å². The third kappa shape index (κ3) is 2.49. The monoisotopic (exact) mass is 220 g/mol. The van der Waals surface area contributed by atoms with Crippen LogP contribution in [-0.4, -0.2) is 13.2 Å². The molecule has 16 heavy (non-hydrogen) atoms. The second-order valence-corrected chi connectivity index (χ2v) is 5.43. The van der Waals surface area contributed by atoms with Crippen molar-refractivity contribution in [3.63, 3.8) is 0 Å². The number of hydrogen-bond acceptors (Lipinski definition) is 2. The average molecular weight is 220 g/mol. The van der Waals surface area contributed by atoms with Gasteiger partial charge in [-0.1, -0.05) is 26.8 Å². The van der Waals surface area contributed by atoms with Gasteiger partial charge in [0.1, 0.15) is 0 Å². The Hall–Kier alpha value is -1.18. The highest BCUT2D eigenvalue weighted by Gasteiger charge is 2.25. The van der Waals surface area contributed by atoms with Gasteiger partial charge in [-0.3, -0.25) is 0 Å². The fraction of sp³-hybridized carbons (Fsp3) is 0.571. The number of rotatable bonds is 3. The van der Waals surface area contributed by atoms with Crippen LogP contribution in [0.5, 0.6) is 11.5 Å². The molecule has 0 unspecified atom stereocenters. The SMILES string of the molecule is COc1cc(C(C)(C)C)ccc1OC1CC1. The Balaban J connectivity index is 2.26. The Morgan fingerprint density at radius 2 is 1.81 bits per heavy atom. The summed E-state index contributed by atoms with van der Waals surface area (Å²) in [6, 6.07) is 6.23. The van der Waals surface area contributed by atoms with Gasteiger partial charge in [-0.25, -0.2) is 0 Å². The zero-order valence-corrected chi connectivity index (χ0v) is 10.5. The molecule has 88 valence electrons. The predicted octanol–water partition coefficient (Wildman–Crippen LogP) is 3.53. The van der Waals surface area contributed by atoms with Gasteiger partial charge in [-0.15, -0.1) is 0 Å². The first-order chi connectivity index (χ1) is 7.50. The molecule has 0 saturated heterocycles. The van der Waals surface area contributed by atoms with Gasteiger partial charge < -0.3 is 9.47 Å². The lowest BCUT2D eigenvalue weighted by Crippen LogP contribution is -2.11. The normalized spacial score (nSPS) is 16.0. The van der Waals surface area contributed by atoms with Crippen LogP contribution in [0.25, 0.3) is 0 Å². The van der Waals surface area contributed by atoms with Crippen molar-refractivity contribution >= 4 is 0 Å². The van der Waals surface area contributed by atoms with Crippen LogP contribution in [-0.2, 0) is 5.41 Å². The molecule has 0 radical (unpaired) electrons. The summed E-state index contributed by atoms with van der Waals surface area (Å²) in [5.74, 6) is 1.72. The first-order valence-corrected chi connectivity index (χ1v) is 5.86. The molecule has 0 amide bonds. The van der Waals surface area contributed by atoms with Crippen LogP contribution >= 0.6 is 0 Å². The van der Waals surface area contributed by atoms with Crippen molar-refractivity contribution in [2.75, 3.05) is 7.11 Å². The summed E-state index contributed by atoms with van der Waals surface area (Å²) in [4.78, 5) is 0. The molecule has 0 aromatic heterocycles. The molecule has 0 bridgehead atoms. The second kappa shape index (κ2) is 4.00. The van der Waals surface area contributed by atoms with Crippen molar-refractivity contribution in [1.82, 2.24) is 0 Å². The van der Waals surface area contributed by atoms with Crippen molar-refractivity contribution in [2.24, 2.45) is 0 Å². The highest BCUT2D eigenvalue weighted by Crippen LogP contribution is 2.36. The van der Waals surface area contributed by atoms with Crippen molar-refractivity contribution in [2.45, 2.75) is 45.1 Å². The van der Waals surface area contributed by atoms with E-state index in [0.717, 1.165) is 11.5 Å². The lowest BCUT2D eigenvalue weighted by atomic mass is 9.87. The van der Waals surface area contributed by atoms with Crippen LogP contribution < -0.4 is 9.47 Å². The van der Waals surface area contributed by atoms with Crippen molar-refractivity contribution < 1.29 is 9.47 Å². The highest BCUT2D eigenvalue weighted by atomic mass is 16.5. The van der Waals surface area contributed by atoms with E-state index in [0.29, 0.717) is 6.10 Å². The van der Waals surface area contributed by atoms with E-state index in [1.807, 2.05) is 6.07 Å². The average Bonchev–Trinajstić information content (AvgIpc) is 3.00. The van der Waals surface area contributed by atoms with Gasteiger partial charge in [-0.2, -0.15) is 0 Å². The molecule has 2 nitrogen and oxygen atoms in total. The second-order valence-electron chi connectivity index (χ2n) is 5.43. The van der Waals surface area contributed by atoms with Crippen LogP contribution in [0.15, 0.2) is 18.2 Å². The molecule has 1 aromatic carbocycles. The van der Waals surface area contributed by atoms with Crippen LogP contribution in [0, 0.1) is 0 Å². The van der Waals surface area contributed by atoms with Crippen LogP contribution in [0.4, 0.5) is 0 Å². The summed E-state index contributed by atoms with van der Waals surface area (Å²) in [6.07, 6.45) is 2.75. The van der Waals surface area contributed by atoms with Gasteiger partial charge in [0.05, 0.1) is 13.2 Å². The first-order valence-electron chi connectivity index (χ1n) is 5.86. The van der Waals surface area contributed by atoms with E-state index in [-0.39, 0.29) is 5.41 Å². The first kappa shape index (κ1) is 11.3. The Kier molecular flexibility index (Phi) is 2.83. The standard InChI is InChI=1S/C14H20O2/c1-14(2,3)10-5-8-12(13(9-10)15-4)16-11-6-7-11/h5,8-9,11H,6-7H2,1-4H3. The molecule has 1 aromatic rings. The zero-order chi connectivity index (χ0) is 11.8. The minimum atomic E-state index is 0.144. The Morgan fingerprint density at radius 3 is 2.31 bits per heavy atom. The third-order valence-electron chi connectivity index (χ3n) is 2.85. The molecule has 2 rings (SSSR count). The predicted molar refractivity (Wildman–Crippen MR) is 65.3 cm³/mol. The number of ether oxygens (including phenoxy) is 2. The maximum Gasteiger partial charge on any atom is 0.161 e. The molecule has 0 atom stereocenters. The number of hydrogen-bond donors (Lipinski definition) is 0. The van der Waals surface area contributed by atoms with Crippen LogP contribution in [0.2, 0.25) is 0 Å². The summed E-state index contributed by atoms with van der Waals surface area (Å²) in [7, 11) is 1.70. The lowest BCUT2D eigenvalue weighted by Gasteiger charge is -2.21. The van der Waals surface area contributed by atoms with Crippen LogP contribution in [0.3, 0.4) is 0 Å². The van der Waals surface area contributed by atoms with E-state index >= 15 is 0 Å². The topological polar surface area (TPSA) is 18.5 Å². The molecule has 0 spiro atoms. The van der Waals surface area contributed by atoms with Crippen molar-refractivity contribution in [1.29, 1.82) is 0 Å². The Bertz CT molecular complexity index is 373. The summed E-state index contributed by atoms with van der Waals surface area (Å²) in [5, 5.41) is 0. The van der Waals surface area contributed by atoms with Crippen molar-refractivity contribution in [3.05, 3.63) is 23.8 Å². The highest BCUT2D eigenvalue weighted by molar-refractivity contribution is 5.45. The van der Waals surface area contributed by atoms with E-state index in [2.05, 4.69) is 32.9 Å². The minimum absolute atomic E-state index is 0.144. The molecule has 0 heterocycles. The smallest absolute Gasteiger partial charge is 0.161 e. The van der Waals surface area contributed by atoms with E-state index in [1.165, 1.54) is 18.4 Å². The maximum absolute atomic E-state index is 5.79. The summed E-state index contributed by atoms with van der Waals surface area (Å²) < 4.78 is 11.2. The Labute approximate surface area is 97.6 Å². The molecule has 1 aliphatic rings. The fourth-order valence-corrected chi connectivity index (χ4v) is 1.60. The molecule has 1 saturated carbocycles. The lowest BCUT2D eigenvalue weighted by molar-refractivity contribution is 0.281. The molecule has 0 aliphatic heterocycles. The quantitative estimate of drug-likeness (QED) is 0.775. The van der Waals surface area contributed by atoms with Gasteiger partial charge in [-0.05, 0) is 36.0 Å². The Morgan fingerprint density at radius 1 is 1.12 bits per heavy atom. The number of benzene rings is 1. The molecule has 1 fully saturated rings. The summed E-state index contributed by atoms with van der Waals surface area (Å²) in [6.45, 7) is 6.59. The minimum Gasteiger partial charge on any atom is -0.493 e. The molecule has 2 heteroatoms. The van der Waals surface area contributed by atoms with Gasteiger partial charge in [0.25, 0.3) is 0 Å². The third-order valence-corrected chi connectivity index (χ3v) is 2.85. The van der Waals surface area contributed by atoms with E-state index in [1.54, 1.807) is 7.11 Å². The van der Waals surface area contributed by atoms with Crippen molar-refractivity contribution in [3.8, 4) is 11.5 Å². The molecule has 0 N–H and O–H groups in total. The van der Waals surface area contributed by atoms with Gasteiger partial charge in [0.15, 0.2) is 11.5 Å². The van der Waals surface area contributed by atoms with Gasteiger partial charge in [0.2, 0.25) is 0 Å². The molecular formula is C14H20O2. The molecular weight excluding hydrogens is 200 g/mol.